The van der Waals surface area contributed by atoms with Gasteiger partial charge in [0.05, 0.1) is 0 Å². The molecule has 0 radical (unpaired) electrons. The van der Waals surface area contributed by atoms with Gasteiger partial charge in [0.1, 0.15) is 0 Å². The maximum absolute atomic E-state index is 12.1. The van der Waals surface area contributed by atoms with E-state index in [9.17, 15) is 4.79 Å². The average Bonchev–Trinajstić information content (AvgIpc) is 2.55. The summed E-state index contributed by atoms with van der Waals surface area (Å²) in [5.41, 5.74) is 4.28. The lowest BCUT2D eigenvalue weighted by Crippen LogP contribution is -2.14. The van der Waals surface area contributed by atoms with Crippen molar-refractivity contribution in [2.75, 3.05) is 10.6 Å². The van der Waals surface area contributed by atoms with Gasteiger partial charge in [-0.2, -0.15) is 0 Å². The van der Waals surface area contributed by atoms with E-state index in [0.29, 0.717) is 5.82 Å². The number of nitrogens with zero attached hydrogens (tertiary/aromatic N) is 2. The Balaban J connectivity index is 1.70. The number of nitrogens with one attached hydrogen (secondary N) is 2. The molecule has 1 amide bonds. The van der Waals surface area contributed by atoms with E-state index in [1.807, 2.05) is 56.3 Å². The minimum absolute atomic E-state index is 0.268. The fraction of sp³-hybridized carbons (Fsp3) is 0.105. The Labute approximate surface area is 140 Å². The fourth-order valence-corrected chi connectivity index (χ4v) is 2.43. The van der Waals surface area contributed by atoms with Crippen molar-refractivity contribution in [3.05, 3.63) is 77.5 Å². The maximum atomic E-state index is 12.1. The molecule has 0 aliphatic heterocycles. The molecule has 0 fully saturated rings. The number of aryl methyl sites for hydroxylation is 2. The van der Waals surface area contributed by atoms with Gasteiger partial charge in [-0.15, -0.1) is 10.2 Å². The van der Waals surface area contributed by atoms with Crippen molar-refractivity contribution in [3.63, 3.8) is 0 Å². The zero-order valence-electron chi connectivity index (χ0n) is 13.6. The lowest BCUT2D eigenvalue weighted by molar-refractivity contribution is 0.102. The first-order valence-electron chi connectivity index (χ1n) is 7.65. The molecule has 0 saturated heterocycles. The molecule has 3 aromatic rings. The smallest absolute Gasteiger partial charge is 0.276 e. The highest BCUT2D eigenvalue weighted by Gasteiger charge is 2.08. The minimum Gasteiger partial charge on any atom is -0.339 e. The predicted molar refractivity (Wildman–Crippen MR) is 95.6 cm³/mol. The summed E-state index contributed by atoms with van der Waals surface area (Å²) < 4.78 is 0. The summed E-state index contributed by atoms with van der Waals surface area (Å²) in [4.78, 5) is 12.1. The van der Waals surface area contributed by atoms with E-state index >= 15 is 0 Å². The first-order chi connectivity index (χ1) is 11.6. The Bertz CT molecular complexity index is 825. The van der Waals surface area contributed by atoms with E-state index in [1.54, 1.807) is 12.1 Å². The van der Waals surface area contributed by atoms with Crippen LogP contribution >= 0.6 is 0 Å². The number of rotatable bonds is 4. The molecule has 0 saturated carbocycles. The van der Waals surface area contributed by atoms with Crippen molar-refractivity contribution in [2.45, 2.75) is 13.8 Å². The zero-order valence-corrected chi connectivity index (χ0v) is 13.6. The molecular weight excluding hydrogens is 300 g/mol. The van der Waals surface area contributed by atoms with Crippen LogP contribution in [0.2, 0.25) is 0 Å². The molecule has 0 unspecified atom stereocenters. The quantitative estimate of drug-likeness (QED) is 0.760. The summed E-state index contributed by atoms with van der Waals surface area (Å²) >= 11 is 0. The van der Waals surface area contributed by atoms with Crippen LogP contribution < -0.4 is 10.6 Å². The monoisotopic (exact) mass is 318 g/mol. The second-order valence-corrected chi connectivity index (χ2v) is 5.63. The third-order valence-electron chi connectivity index (χ3n) is 3.42. The standard InChI is InChI=1S/C19H18N4O/c1-13-10-14(2)12-16(11-13)20-18-9-8-17(22-23-18)19(24)21-15-6-4-3-5-7-15/h3-12H,1-2H3,(H,20,23)(H,21,24). The second kappa shape index (κ2) is 6.91. The van der Waals surface area contributed by atoms with Gasteiger partial charge in [-0.05, 0) is 61.4 Å². The number of amides is 1. The number of carbonyl (C=O) groups excluding carboxylic acids is 1. The third kappa shape index (κ3) is 3.95. The summed E-state index contributed by atoms with van der Waals surface area (Å²) in [7, 11) is 0. The number of para-hydroxylation sites is 1. The summed E-state index contributed by atoms with van der Waals surface area (Å²) in [6.07, 6.45) is 0. The molecule has 0 aliphatic carbocycles. The largest absolute Gasteiger partial charge is 0.339 e. The van der Waals surface area contributed by atoms with E-state index in [-0.39, 0.29) is 11.6 Å². The van der Waals surface area contributed by atoms with Gasteiger partial charge in [0.25, 0.3) is 5.91 Å². The van der Waals surface area contributed by atoms with Crippen LogP contribution in [0.3, 0.4) is 0 Å². The highest BCUT2D eigenvalue weighted by atomic mass is 16.1. The average molecular weight is 318 g/mol. The number of aromatic nitrogens is 2. The molecule has 5 nitrogen and oxygen atoms in total. The summed E-state index contributed by atoms with van der Waals surface area (Å²) in [6.45, 7) is 4.09. The minimum atomic E-state index is -0.286. The van der Waals surface area contributed by atoms with Crippen LogP contribution in [0.1, 0.15) is 21.6 Å². The fourth-order valence-electron chi connectivity index (χ4n) is 2.43. The van der Waals surface area contributed by atoms with Crippen molar-refractivity contribution in [1.82, 2.24) is 10.2 Å². The molecular formula is C19H18N4O. The number of benzene rings is 2. The molecule has 1 heterocycles. The van der Waals surface area contributed by atoms with Crippen LogP contribution in [0.25, 0.3) is 0 Å². The first-order valence-corrected chi connectivity index (χ1v) is 7.65. The molecule has 0 bridgehead atoms. The van der Waals surface area contributed by atoms with E-state index in [2.05, 4.69) is 26.9 Å². The van der Waals surface area contributed by atoms with Gasteiger partial charge in [-0.25, -0.2) is 0 Å². The molecule has 2 aromatic carbocycles. The van der Waals surface area contributed by atoms with Crippen LogP contribution in [0.5, 0.6) is 0 Å². The van der Waals surface area contributed by atoms with Crippen molar-refractivity contribution < 1.29 is 4.79 Å². The summed E-state index contributed by atoms with van der Waals surface area (Å²) in [6, 6.07) is 18.8. The normalized spacial score (nSPS) is 10.2. The SMILES string of the molecule is Cc1cc(C)cc(Nc2ccc(C(=O)Nc3ccccc3)nn2)c1. The van der Waals surface area contributed by atoms with E-state index in [4.69, 9.17) is 0 Å². The molecule has 3 rings (SSSR count). The molecule has 5 heteroatoms. The first kappa shape index (κ1) is 15.7. The number of hydrogen-bond donors (Lipinski definition) is 2. The Kier molecular flexibility index (Phi) is 4.52. The second-order valence-electron chi connectivity index (χ2n) is 5.63. The predicted octanol–water partition coefficient (Wildman–Crippen LogP) is 4.09. The molecule has 24 heavy (non-hydrogen) atoms. The molecule has 0 spiro atoms. The van der Waals surface area contributed by atoms with E-state index in [0.717, 1.165) is 11.4 Å². The van der Waals surface area contributed by atoms with Crippen LogP contribution in [-0.2, 0) is 0 Å². The van der Waals surface area contributed by atoms with Gasteiger partial charge in [0.15, 0.2) is 11.5 Å². The Morgan fingerprint density at radius 2 is 1.54 bits per heavy atom. The van der Waals surface area contributed by atoms with Crippen LogP contribution in [0.15, 0.2) is 60.7 Å². The van der Waals surface area contributed by atoms with Gasteiger partial charge in [-0.3, -0.25) is 4.79 Å². The Morgan fingerprint density at radius 1 is 0.833 bits per heavy atom. The number of hydrogen-bond acceptors (Lipinski definition) is 4. The van der Waals surface area contributed by atoms with Gasteiger partial charge < -0.3 is 10.6 Å². The molecule has 0 atom stereocenters. The highest BCUT2D eigenvalue weighted by Crippen LogP contribution is 2.18. The highest BCUT2D eigenvalue weighted by molar-refractivity contribution is 6.02. The Morgan fingerprint density at radius 3 is 2.17 bits per heavy atom. The van der Waals surface area contributed by atoms with Crippen LogP contribution in [0.4, 0.5) is 17.2 Å². The molecule has 1 aromatic heterocycles. The van der Waals surface area contributed by atoms with E-state index < -0.39 is 0 Å². The molecule has 0 aliphatic rings. The van der Waals surface area contributed by atoms with Crippen molar-refractivity contribution in [1.29, 1.82) is 0 Å². The lowest BCUT2D eigenvalue weighted by atomic mass is 10.1. The van der Waals surface area contributed by atoms with Crippen LogP contribution in [0, 0.1) is 13.8 Å². The van der Waals surface area contributed by atoms with Gasteiger partial charge >= 0.3 is 0 Å². The summed E-state index contributed by atoms with van der Waals surface area (Å²) in [5.74, 6) is 0.308. The zero-order chi connectivity index (χ0) is 16.9. The van der Waals surface area contributed by atoms with E-state index in [1.165, 1.54) is 11.1 Å². The third-order valence-corrected chi connectivity index (χ3v) is 3.42. The molecule has 2 N–H and O–H groups in total. The number of anilines is 3. The Hall–Kier alpha value is -3.21. The van der Waals surface area contributed by atoms with Crippen LogP contribution in [-0.4, -0.2) is 16.1 Å². The lowest BCUT2D eigenvalue weighted by Gasteiger charge is -2.08. The number of carbonyl (C=O) groups is 1. The van der Waals surface area contributed by atoms with Crippen molar-refractivity contribution >= 4 is 23.1 Å². The maximum Gasteiger partial charge on any atom is 0.276 e. The van der Waals surface area contributed by atoms with Gasteiger partial charge in [0.2, 0.25) is 0 Å². The van der Waals surface area contributed by atoms with Crippen molar-refractivity contribution in [3.8, 4) is 0 Å². The topological polar surface area (TPSA) is 66.9 Å². The van der Waals surface area contributed by atoms with Gasteiger partial charge in [0, 0.05) is 11.4 Å². The summed E-state index contributed by atoms with van der Waals surface area (Å²) in [5, 5.41) is 14.0. The van der Waals surface area contributed by atoms with Gasteiger partial charge in [-0.1, -0.05) is 24.3 Å². The molecule has 120 valence electrons. The van der Waals surface area contributed by atoms with Crippen molar-refractivity contribution in [2.24, 2.45) is 0 Å².